The third-order valence-corrected chi connectivity index (χ3v) is 3.45. The summed E-state index contributed by atoms with van der Waals surface area (Å²) in [5.74, 6) is 0.849. The molecule has 0 aliphatic carbocycles. The first kappa shape index (κ1) is 13.3. The van der Waals surface area contributed by atoms with E-state index in [9.17, 15) is 0 Å². The Bertz CT molecular complexity index is 547. The fourth-order valence-corrected chi connectivity index (χ4v) is 2.21. The van der Waals surface area contributed by atoms with Gasteiger partial charge in [-0.2, -0.15) is 0 Å². The highest BCUT2D eigenvalue weighted by Gasteiger charge is 2.17. The van der Waals surface area contributed by atoms with E-state index in [1.165, 1.54) is 5.56 Å². The highest BCUT2D eigenvalue weighted by Crippen LogP contribution is 2.31. The minimum Gasteiger partial charge on any atom is -0.339 e. The molecule has 2 rings (SSSR count). The molecule has 0 amide bonds. The third-order valence-electron chi connectivity index (χ3n) is 2.66. The van der Waals surface area contributed by atoms with Crippen molar-refractivity contribution in [1.82, 2.24) is 9.97 Å². The molecule has 0 aliphatic rings. The van der Waals surface area contributed by atoms with E-state index < -0.39 is 0 Å². The molecule has 0 fully saturated rings. The van der Waals surface area contributed by atoms with Crippen molar-refractivity contribution in [2.24, 2.45) is 0 Å². The predicted octanol–water partition coefficient (Wildman–Crippen LogP) is 4.12. The summed E-state index contributed by atoms with van der Waals surface area (Å²) >= 11 is 2.23. The summed E-state index contributed by atoms with van der Waals surface area (Å²) in [7, 11) is 0. The molecule has 0 unspecified atom stereocenters. The lowest BCUT2D eigenvalue weighted by atomic mass is 9.86. The lowest BCUT2D eigenvalue weighted by molar-refractivity contribution is 0.592. The average molecular weight is 353 g/mol. The molecule has 0 saturated heterocycles. The maximum Gasteiger partial charge on any atom is 0.147 e. The third kappa shape index (κ3) is 2.98. The molecule has 1 N–H and O–H groups in total. The van der Waals surface area contributed by atoms with Crippen LogP contribution >= 0.6 is 22.6 Å². The number of benzene rings is 1. The van der Waals surface area contributed by atoms with Crippen LogP contribution in [0.25, 0.3) is 0 Å². The van der Waals surface area contributed by atoms with E-state index in [1.54, 1.807) is 12.5 Å². The van der Waals surface area contributed by atoms with Crippen molar-refractivity contribution in [1.29, 1.82) is 0 Å². The van der Waals surface area contributed by atoms with E-state index in [0.717, 1.165) is 15.1 Å². The monoisotopic (exact) mass is 353 g/mol. The van der Waals surface area contributed by atoms with E-state index in [1.807, 2.05) is 6.07 Å². The van der Waals surface area contributed by atoms with Gasteiger partial charge in [0, 0.05) is 11.9 Å². The van der Waals surface area contributed by atoms with Crippen LogP contribution in [0.1, 0.15) is 26.3 Å². The zero-order valence-electron chi connectivity index (χ0n) is 10.7. The van der Waals surface area contributed by atoms with Crippen LogP contribution in [0.4, 0.5) is 11.5 Å². The Morgan fingerprint density at radius 1 is 1.17 bits per heavy atom. The number of halogens is 1. The van der Waals surface area contributed by atoms with Gasteiger partial charge in [0.15, 0.2) is 0 Å². The Morgan fingerprint density at radius 3 is 2.56 bits per heavy atom. The largest absolute Gasteiger partial charge is 0.339 e. The second-order valence-corrected chi connectivity index (χ2v) is 6.30. The number of nitrogens with one attached hydrogen (secondary N) is 1. The van der Waals surface area contributed by atoms with Crippen LogP contribution in [0.3, 0.4) is 0 Å². The lowest BCUT2D eigenvalue weighted by Gasteiger charge is -2.23. The van der Waals surface area contributed by atoms with Crippen LogP contribution in [0, 0.1) is 3.57 Å². The minimum absolute atomic E-state index is 0.0993. The standard InChI is InChI=1S/C14H16IN3/c1-14(2,3)10-6-4-5-7-12(10)18-13-11(15)8-16-9-17-13/h4-9H,1-3H3,(H,16,17,18). The van der Waals surface area contributed by atoms with E-state index in [-0.39, 0.29) is 5.41 Å². The molecule has 0 atom stereocenters. The summed E-state index contributed by atoms with van der Waals surface area (Å²) < 4.78 is 1.01. The summed E-state index contributed by atoms with van der Waals surface area (Å²) in [4.78, 5) is 8.27. The number of aromatic nitrogens is 2. The van der Waals surface area contributed by atoms with Gasteiger partial charge in [0.05, 0.1) is 3.57 Å². The smallest absolute Gasteiger partial charge is 0.147 e. The van der Waals surface area contributed by atoms with Crippen molar-refractivity contribution in [3.8, 4) is 0 Å². The van der Waals surface area contributed by atoms with Gasteiger partial charge in [-0.05, 0) is 39.6 Å². The maximum atomic E-state index is 4.27. The molecule has 2 aromatic rings. The Morgan fingerprint density at radius 2 is 1.89 bits per heavy atom. The molecule has 18 heavy (non-hydrogen) atoms. The van der Waals surface area contributed by atoms with E-state index >= 15 is 0 Å². The summed E-state index contributed by atoms with van der Waals surface area (Å²) in [6.45, 7) is 6.62. The lowest BCUT2D eigenvalue weighted by Crippen LogP contribution is -2.14. The van der Waals surface area contributed by atoms with Crippen LogP contribution in [-0.2, 0) is 5.41 Å². The number of hydrogen-bond acceptors (Lipinski definition) is 3. The second kappa shape index (κ2) is 5.22. The molecule has 1 heterocycles. The highest BCUT2D eigenvalue weighted by molar-refractivity contribution is 14.1. The predicted molar refractivity (Wildman–Crippen MR) is 83.2 cm³/mol. The van der Waals surface area contributed by atoms with Gasteiger partial charge in [0.1, 0.15) is 12.1 Å². The Kier molecular flexibility index (Phi) is 3.85. The molecule has 0 spiro atoms. The first-order valence-electron chi connectivity index (χ1n) is 5.80. The van der Waals surface area contributed by atoms with Crippen molar-refractivity contribution < 1.29 is 0 Å². The Balaban J connectivity index is 2.39. The van der Waals surface area contributed by atoms with Crippen molar-refractivity contribution in [3.05, 3.63) is 45.9 Å². The first-order chi connectivity index (χ1) is 8.48. The molecule has 0 saturated carbocycles. The molecule has 0 radical (unpaired) electrons. The normalized spacial score (nSPS) is 11.3. The van der Waals surface area contributed by atoms with Gasteiger partial charge in [-0.1, -0.05) is 39.0 Å². The van der Waals surface area contributed by atoms with E-state index in [0.29, 0.717) is 0 Å². The summed E-state index contributed by atoms with van der Waals surface area (Å²) in [6, 6.07) is 8.33. The van der Waals surface area contributed by atoms with Crippen molar-refractivity contribution in [2.45, 2.75) is 26.2 Å². The van der Waals surface area contributed by atoms with Gasteiger partial charge >= 0.3 is 0 Å². The summed E-state index contributed by atoms with van der Waals surface area (Å²) in [5.41, 5.74) is 2.48. The van der Waals surface area contributed by atoms with Crippen LogP contribution in [0.5, 0.6) is 0 Å². The fourth-order valence-electron chi connectivity index (χ4n) is 1.78. The topological polar surface area (TPSA) is 37.8 Å². The van der Waals surface area contributed by atoms with Gasteiger partial charge in [-0.3, -0.25) is 0 Å². The number of anilines is 2. The number of hydrogen-bond donors (Lipinski definition) is 1. The van der Waals surface area contributed by atoms with Crippen LogP contribution in [0.15, 0.2) is 36.8 Å². The van der Waals surface area contributed by atoms with Crippen molar-refractivity contribution in [2.75, 3.05) is 5.32 Å². The van der Waals surface area contributed by atoms with Gasteiger partial charge in [-0.15, -0.1) is 0 Å². The zero-order valence-corrected chi connectivity index (χ0v) is 12.9. The molecular weight excluding hydrogens is 337 g/mol. The average Bonchev–Trinajstić information content (AvgIpc) is 2.31. The Labute approximate surface area is 121 Å². The van der Waals surface area contributed by atoms with Gasteiger partial charge in [0.25, 0.3) is 0 Å². The first-order valence-corrected chi connectivity index (χ1v) is 6.88. The zero-order chi connectivity index (χ0) is 13.2. The maximum absolute atomic E-state index is 4.27. The number of para-hydroxylation sites is 1. The van der Waals surface area contributed by atoms with Crippen LogP contribution in [-0.4, -0.2) is 9.97 Å². The summed E-state index contributed by atoms with van der Waals surface area (Å²) in [5, 5.41) is 3.39. The summed E-state index contributed by atoms with van der Waals surface area (Å²) in [6.07, 6.45) is 3.36. The fraction of sp³-hybridized carbons (Fsp3) is 0.286. The minimum atomic E-state index is 0.0993. The van der Waals surface area contributed by atoms with Crippen molar-refractivity contribution >= 4 is 34.1 Å². The second-order valence-electron chi connectivity index (χ2n) is 5.14. The molecule has 0 aliphatic heterocycles. The van der Waals surface area contributed by atoms with Gasteiger partial charge in [0.2, 0.25) is 0 Å². The van der Waals surface area contributed by atoms with Crippen molar-refractivity contribution in [3.63, 3.8) is 0 Å². The molecule has 0 bridgehead atoms. The molecular formula is C14H16IN3. The quantitative estimate of drug-likeness (QED) is 0.826. The molecule has 94 valence electrons. The highest BCUT2D eigenvalue weighted by atomic mass is 127. The van der Waals surface area contributed by atoms with Crippen LogP contribution in [0.2, 0.25) is 0 Å². The SMILES string of the molecule is CC(C)(C)c1ccccc1Nc1ncncc1I. The number of rotatable bonds is 2. The van der Waals surface area contributed by atoms with Gasteiger partial charge < -0.3 is 5.32 Å². The van der Waals surface area contributed by atoms with Gasteiger partial charge in [-0.25, -0.2) is 9.97 Å². The molecule has 1 aromatic heterocycles. The molecule has 1 aromatic carbocycles. The number of nitrogens with zero attached hydrogens (tertiary/aromatic N) is 2. The van der Waals surface area contributed by atoms with Crippen LogP contribution < -0.4 is 5.32 Å². The van der Waals surface area contributed by atoms with E-state index in [2.05, 4.69) is 76.8 Å². The Hall–Kier alpha value is -1.17. The molecule has 3 nitrogen and oxygen atoms in total. The van der Waals surface area contributed by atoms with E-state index in [4.69, 9.17) is 0 Å². The molecule has 4 heteroatoms.